The van der Waals surface area contributed by atoms with Crippen LogP contribution in [0.3, 0.4) is 0 Å². The first kappa shape index (κ1) is 15.0. The van der Waals surface area contributed by atoms with Gasteiger partial charge in [0.15, 0.2) is 6.04 Å². The van der Waals surface area contributed by atoms with E-state index in [0.29, 0.717) is 11.3 Å². The molecule has 1 aromatic rings. The molecule has 0 aliphatic heterocycles. The highest BCUT2D eigenvalue weighted by molar-refractivity contribution is 5.97. The standard InChI is InChI=1S/C13H18N2O4/c1-7-4-9(5-8(2)11(7)14)12(17)15-10(6-16)13(18)19-3/h4-5,10,16H,6,14H2,1-3H3,(H,15,17)/t10-/m0/s1. The number of amides is 1. The fourth-order valence-electron chi connectivity index (χ4n) is 1.67. The Balaban J connectivity index is 2.92. The maximum absolute atomic E-state index is 12.0. The number of aliphatic hydroxyl groups excluding tert-OH is 1. The number of aliphatic hydroxyl groups is 1. The molecule has 6 nitrogen and oxygen atoms in total. The van der Waals surface area contributed by atoms with Crippen molar-refractivity contribution >= 4 is 17.6 Å². The summed E-state index contributed by atoms with van der Waals surface area (Å²) in [6.45, 7) is 3.07. The Morgan fingerprint density at radius 2 is 1.89 bits per heavy atom. The van der Waals surface area contributed by atoms with Gasteiger partial charge < -0.3 is 20.9 Å². The molecule has 1 amide bonds. The molecular weight excluding hydrogens is 248 g/mol. The first-order valence-electron chi connectivity index (χ1n) is 5.77. The van der Waals surface area contributed by atoms with Gasteiger partial charge in [0, 0.05) is 11.3 Å². The summed E-state index contributed by atoms with van der Waals surface area (Å²) in [7, 11) is 1.19. The third-order valence-electron chi connectivity index (χ3n) is 2.83. The number of esters is 1. The summed E-state index contributed by atoms with van der Waals surface area (Å²) in [6.07, 6.45) is 0. The van der Waals surface area contributed by atoms with Gasteiger partial charge in [-0.3, -0.25) is 4.79 Å². The second-order valence-electron chi connectivity index (χ2n) is 4.26. The molecule has 0 bridgehead atoms. The third-order valence-corrected chi connectivity index (χ3v) is 2.83. The van der Waals surface area contributed by atoms with Gasteiger partial charge in [-0.1, -0.05) is 0 Å². The van der Waals surface area contributed by atoms with Crippen molar-refractivity contribution in [2.24, 2.45) is 0 Å². The Morgan fingerprint density at radius 1 is 1.37 bits per heavy atom. The van der Waals surface area contributed by atoms with E-state index in [9.17, 15) is 9.59 Å². The van der Waals surface area contributed by atoms with Crippen LogP contribution < -0.4 is 11.1 Å². The minimum Gasteiger partial charge on any atom is -0.467 e. The van der Waals surface area contributed by atoms with E-state index in [0.717, 1.165) is 11.1 Å². The predicted molar refractivity (Wildman–Crippen MR) is 70.7 cm³/mol. The number of aryl methyl sites for hydroxylation is 2. The Bertz CT molecular complexity index is 476. The van der Waals surface area contributed by atoms with Gasteiger partial charge in [-0.2, -0.15) is 0 Å². The number of rotatable bonds is 4. The van der Waals surface area contributed by atoms with E-state index in [2.05, 4.69) is 10.1 Å². The van der Waals surface area contributed by atoms with Crippen molar-refractivity contribution in [3.8, 4) is 0 Å². The monoisotopic (exact) mass is 266 g/mol. The van der Waals surface area contributed by atoms with Crippen LogP contribution in [0.4, 0.5) is 5.69 Å². The zero-order valence-electron chi connectivity index (χ0n) is 11.2. The van der Waals surface area contributed by atoms with Gasteiger partial charge in [-0.25, -0.2) is 4.79 Å². The number of nitrogens with one attached hydrogen (secondary N) is 1. The number of hydrogen-bond donors (Lipinski definition) is 3. The molecule has 0 aliphatic rings. The fourth-order valence-corrected chi connectivity index (χ4v) is 1.67. The number of hydrogen-bond acceptors (Lipinski definition) is 5. The molecule has 4 N–H and O–H groups in total. The average molecular weight is 266 g/mol. The Labute approximate surface area is 111 Å². The molecule has 104 valence electrons. The van der Waals surface area contributed by atoms with Crippen molar-refractivity contribution in [1.82, 2.24) is 5.32 Å². The number of nitrogens with two attached hydrogens (primary N) is 1. The average Bonchev–Trinajstić information content (AvgIpc) is 2.40. The highest BCUT2D eigenvalue weighted by Gasteiger charge is 2.21. The number of anilines is 1. The smallest absolute Gasteiger partial charge is 0.330 e. The Kier molecular flexibility index (Phi) is 4.88. The second-order valence-corrected chi connectivity index (χ2v) is 4.26. The van der Waals surface area contributed by atoms with Crippen molar-refractivity contribution < 1.29 is 19.4 Å². The molecule has 6 heteroatoms. The highest BCUT2D eigenvalue weighted by atomic mass is 16.5. The molecule has 1 aromatic carbocycles. The first-order valence-corrected chi connectivity index (χ1v) is 5.77. The maximum atomic E-state index is 12.0. The van der Waals surface area contributed by atoms with Crippen LogP contribution in [0, 0.1) is 13.8 Å². The Morgan fingerprint density at radius 3 is 2.32 bits per heavy atom. The molecule has 0 aromatic heterocycles. The molecule has 0 saturated heterocycles. The van der Waals surface area contributed by atoms with Crippen LogP contribution in [-0.2, 0) is 9.53 Å². The van der Waals surface area contributed by atoms with E-state index in [1.54, 1.807) is 26.0 Å². The number of benzene rings is 1. The molecular formula is C13H18N2O4. The molecule has 0 heterocycles. The van der Waals surface area contributed by atoms with Crippen molar-refractivity contribution in [2.75, 3.05) is 19.5 Å². The molecule has 1 rings (SSSR count). The molecule has 0 spiro atoms. The second kappa shape index (κ2) is 6.19. The van der Waals surface area contributed by atoms with E-state index in [-0.39, 0.29) is 0 Å². The van der Waals surface area contributed by atoms with Gasteiger partial charge >= 0.3 is 5.97 Å². The van der Waals surface area contributed by atoms with Crippen LogP contribution >= 0.6 is 0 Å². The van der Waals surface area contributed by atoms with Gasteiger partial charge in [-0.05, 0) is 37.1 Å². The number of carbonyl (C=O) groups is 2. The number of ether oxygens (including phenoxy) is 1. The van der Waals surface area contributed by atoms with E-state index in [1.165, 1.54) is 7.11 Å². The zero-order valence-corrected chi connectivity index (χ0v) is 11.2. The summed E-state index contributed by atoms with van der Waals surface area (Å²) in [6, 6.07) is 2.18. The minimum absolute atomic E-state index is 0.381. The summed E-state index contributed by atoms with van der Waals surface area (Å²) in [4.78, 5) is 23.3. The minimum atomic E-state index is -1.07. The van der Waals surface area contributed by atoms with E-state index in [1.807, 2.05) is 0 Å². The lowest BCUT2D eigenvalue weighted by Crippen LogP contribution is -2.44. The zero-order chi connectivity index (χ0) is 14.6. The lowest BCUT2D eigenvalue weighted by atomic mass is 10.0. The van der Waals surface area contributed by atoms with Crippen LogP contribution in [0.2, 0.25) is 0 Å². The van der Waals surface area contributed by atoms with Gasteiger partial charge in [0.2, 0.25) is 0 Å². The van der Waals surface area contributed by atoms with Crippen molar-refractivity contribution in [2.45, 2.75) is 19.9 Å². The first-order chi connectivity index (χ1) is 8.90. The summed E-state index contributed by atoms with van der Waals surface area (Å²) in [5.41, 5.74) is 8.37. The fraction of sp³-hybridized carbons (Fsp3) is 0.385. The topological polar surface area (TPSA) is 102 Å². The van der Waals surface area contributed by atoms with Crippen molar-refractivity contribution in [3.05, 3.63) is 28.8 Å². The molecule has 0 radical (unpaired) electrons. The van der Waals surface area contributed by atoms with E-state index >= 15 is 0 Å². The lowest BCUT2D eigenvalue weighted by Gasteiger charge is -2.15. The van der Waals surface area contributed by atoms with Gasteiger partial charge in [-0.15, -0.1) is 0 Å². The summed E-state index contributed by atoms with van der Waals surface area (Å²) in [5.74, 6) is -1.16. The highest BCUT2D eigenvalue weighted by Crippen LogP contribution is 2.18. The van der Waals surface area contributed by atoms with Crippen LogP contribution in [-0.4, -0.2) is 36.7 Å². The lowest BCUT2D eigenvalue weighted by molar-refractivity contribution is -0.143. The largest absolute Gasteiger partial charge is 0.467 e. The molecule has 0 saturated carbocycles. The number of nitrogen functional groups attached to an aromatic ring is 1. The predicted octanol–water partition coefficient (Wildman–Crippen LogP) is 0.149. The third kappa shape index (κ3) is 3.45. The SMILES string of the molecule is COC(=O)[C@H](CO)NC(=O)c1cc(C)c(N)c(C)c1. The molecule has 1 atom stereocenters. The normalized spacial score (nSPS) is 11.8. The van der Waals surface area contributed by atoms with Crippen molar-refractivity contribution in [3.63, 3.8) is 0 Å². The summed E-state index contributed by atoms with van der Waals surface area (Å²) < 4.78 is 4.47. The quantitative estimate of drug-likeness (QED) is 0.532. The summed E-state index contributed by atoms with van der Waals surface area (Å²) >= 11 is 0. The summed E-state index contributed by atoms with van der Waals surface area (Å²) in [5, 5.41) is 11.4. The van der Waals surface area contributed by atoms with Crippen LogP contribution in [0.1, 0.15) is 21.5 Å². The molecule has 0 unspecified atom stereocenters. The Hall–Kier alpha value is -2.08. The number of carbonyl (C=O) groups excluding carboxylic acids is 2. The van der Waals surface area contributed by atoms with Crippen molar-refractivity contribution in [1.29, 1.82) is 0 Å². The van der Waals surface area contributed by atoms with E-state index < -0.39 is 24.5 Å². The molecule has 19 heavy (non-hydrogen) atoms. The maximum Gasteiger partial charge on any atom is 0.330 e. The van der Waals surface area contributed by atoms with Gasteiger partial charge in [0.05, 0.1) is 13.7 Å². The van der Waals surface area contributed by atoms with Crippen LogP contribution in [0.15, 0.2) is 12.1 Å². The molecule has 0 aliphatic carbocycles. The van der Waals surface area contributed by atoms with Gasteiger partial charge in [0.25, 0.3) is 5.91 Å². The van der Waals surface area contributed by atoms with Gasteiger partial charge in [0.1, 0.15) is 0 Å². The van der Waals surface area contributed by atoms with E-state index in [4.69, 9.17) is 10.8 Å². The van der Waals surface area contributed by atoms with Crippen LogP contribution in [0.25, 0.3) is 0 Å². The van der Waals surface area contributed by atoms with Crippen LogP contribution in [0.5, 0.6) is 0 Å². The number of methoxy groups -OCH3 is 1. The molecule has 0 fully saturated rings.